The van der Waals surface area contributed by atoms with Gasteiger partial charge in [0.1, 0.15) is 0 Å². The van der Waals surface area contributed by atoms with Crippen LogP contribution in [0.25, 0.3) is 0 Å². The lowest BCUT2D eigenvalue weighted by Gasteiger charge is -2.23. The van der Waals surface area contributed by atoms with Crippen molar-refractivity contribution < 1.29 is 9.50 Å². The Morgan fingerprint density at radius 3 is 2.78 bits per heavy atom. The van der Waals surface area contributed by atoms with E-state index in [1.807, 2.05) is 0 Å². The van der Waals surface area contributed by atoms with Gasteiger partial charge in [-0.25, -0.2) is 4.39 Å². The second-order valence-corrected chi connectivity index (χ2v) is 6.08. The molecule has 1 aromatic rings. The predicted molar refractivity (Wildman–Crippen MR) is 71.0 cm³/mol. The van der Waals surface area contributed by atoms with E-state index >= 15 is 0 Å². The van der Waals surface area contributed by atoms with Crippen LogP contribution in [0.4, 0.5) is 4.39 Å². The summed E-state index contributed by atoms with van der Waals surface area (Å²) in [5, 5.41) is 9.17. The Morgan fingerprint density at radius 2 is 2.06 bits per heavy atom. The van der Waals surface area contributed by atoms with Gasteiger partial charge in [-0.15, -0.1) is 0 Å². The Morgan fingerprint density at radius 1 is 1.28 bits per heavy atom. The van der Waals surface area contributed by atoms with Crippen molar-refractivity contribution in [3.8, 4) is 5.75 Å². The Hall–Kier alpha value is -1.09. The van der Waals surface area contributed by atoms with Crippen molar-refractivity contribution in [2.75, 3.05) is 13.1 Å². The van der Waals surface area contributed by atoms with Crippen molar-refractivity contribution in [1.82, 2.24) is 4.90 Å². The summed E-state index contributed by atoms with van der Waals surface area (Å²) in [6.45, 7) is 7.54. The largest absolute Gasteiger partial charge is 0.505 e. The molecule has 1 heterocycles. The molecule has 2 nitrogen and oxygen atoms in total. The first-order valence-corrected chi connectivity index (χ1v) is 6.66. The molecule has 3 heteroatoms. The van der Waals surface area contributed by atoms with Gasteiger partial charge < -0.3 is 5.11 Å². The molecule has 0 bridgehead atoms. The third kappa shape index (κ3) is 3.45. The molecule has 0 spiro atoms. The zero-order chi connectivity index (χ0) is 13.2. The molecule has 1 aliphatic heterocycles. The van der Waals surface area contributed by atoms with Crippen LogP contribution < -0.4 is 0 Å². The van der Waals surface area contributed by atoms with Crippen LogP contribution in [0.15, 0.2) is 18.2 Å². The molecule has 100 valence electrons. The third-order valence-electron chi connectivity index (χ3n) is 3.85. The molecule has 2 rings (SSSR count). The van der Waals surface area contributed by atoms with Crippen LogP contribution in [0.3, 0.4) is 0 Å². The van der Waals surface area contributed by atoms with Crippen LogP contribution in [0.2, 0.25) is 0 Å². The monoisotopic (exact) mass is 251 g/mol. The van der Waals surface area contributed by atoms with E-state index in [9.17, 15) is 9.50 Å². The maximum absolute atomic E-state index is 13.3. The van der Waals surface area contributed by atoms with Gasteiger partial charge in [-0.1, -0.05) is 19.9 Å². The van der Waals surface area contributed by atoms with Crippen molar-refractivity contribution in [3.63, 3.8) is 0 Å². The maximum Gasteiger partial charge on any atom is 0.165 e. The van der Waals surface area contributed by atoms with Gasteiger partial charge in [0.25, 0.3) is 0 Å². The highest BCUT2D eigenvalue weighted by Crippen LogP contribution is 2.30. The highest BCUT2D eigenvalue weighted by atomic mass is 19.1. The SMILES string of the molecule is CC1(C)CCCN(Cc2ccc(O)c(F)c2)CC1. The van der Waals surface area contributed by atoms with Gasteiger partial charge in [0.2, 0.25) is 0 Å². The van der Waals surface area contributed by atoms with E-state index in [0.717, 1.165) is 25.2 Å². The van der Waals surface area contributed by atoms with E-state index in [-0.39, 0.29) is 5.75 Å². The molecule has 1 aliphatic rings. The van der Waals surface area contributed by atoms with Gasteiger partial charge >= 0.3 is 0 Å². The van der Waals surface area contributed by atoms with E-state index in [4.69, 9.17) is 0 Å². The predicted octanol–water partition coefficient (Wildman–Crippen LogP) is 3.54. The normalized spacial score (nSPS) is 20.6. The van der Waals surface area contributed by atoms with Crippen molar-refractivity contribution in [2.24, 2.45) is 5.41 Å². The number of phenolic OH excluding ortho intramolecular Hbond substituents is 1. The average Bonchev–Trinajstić information content (AvgIpc) is 2.46. The zero-order valence-corrected chi connectivity index (χ0v) is 11.2. The summed E-state index contributed by atoms with van der Waals surface area (Å²) in [5.74, 6) is -0.793. The minimum Gasteiger partial charge on any atom is -0.505 e. The molecular formula is C15H22FNO. The lowest BCUT2D eigenvalue weighted by molar-refractivity contribution is 0.255. The molecule has 1 N–H and O–H groups in total. The fourth-order valence-corrected chi connectivity index (χ4v) is 2.54. The van der Waals surface area contributed by atoms with Crippen molar-refractivity contribution in [1.29, 1.82) is 0 Å². The van der Waals surface area contributed by atoms with E-state index < -0.39 is 5.82 Å². The molecule has 0 radical (unpaired) electrons. The number of aromatic hydroxyl groups is 1. The third-order valence-corrected chi connectivity index (χ3v) is 3.85. The van der Waals surface area contributed by atoms with Gasteiger partial charge in [-0.05, 0) is 55.5 Å². The minimum absolute atomic E-state index is 0.268. The first-order valence-electron chi connectivity index (χ1n) is 6.66. The van der Waals surface area contributed by atoms with Crippen LogP contribution in [0, 0.1) is 11.2 Å². The topological polar surface area (TPSA) is 23.5 Å². The summed E-state index contributed by atoms with van der Waals surface area (Å²) in [6.07, 6.45) is 3.65. The second-order valence-electron chi connectivity index (χ2n) is 6.08. The Kier molecular flexibility index (Phi) is 3.91. The number of likely N-dealkylation sites (tertiary alicyclic amines) is 1. The molecule has 0 aromatic heterocycles. The number of halogens is 1. The van der Waals surface area contributed by atoms with Crippen molar-refractivity contribution in [3.05, 3.63) is 29.6 Å². The Labute approximate surface area is 108 Å². The van der Waals surface area contributed by atoms with E-state index in [1.54, 1.807) is 6.07 Å². The number of hydrogen-bond donors (Lipinski definition) is 1. The standard InChI is InChI=1S/C15H22FNO/c1-15(2)6-3-8-17(9-7-15)11-12-4-5-14(18)13(16)10-12/h4-5,10,18H,3,6-9,11H2,1-2H3. The van der Waals surface area contributed by atoms with Crippen LogP contribution in [0.1, 0.15) is 38.7 Å². The number of benzene rings is 1. The molecule has 1 fully saturated rings. The lowest BCUT2D eigenvalue weighted by Crippen LogP contribution is -2.25. The maximum atomic E-state index is 13.3. The minimum atomic E-state index is -0.525. The van der Waals surface area contributed by atoms with Crippen molar-refractivity contribution >= 4 is 0 Å². The van der Waals surface area contributed by atoms with Crippen LogP contribution in [-0.4, -0.2) is 23.1 Å². The molecule has 0 saturated carbocycles. The van der Waals surface area contributed by atoms with Crippen LogP contribution in [0.5, 0.6) is 5.75 Å². The van der Waals surface area contributed by atoms with E-state index in [2.05, 4.69) is 18.7 Å². The number of nitrogens with zero attached hydrogens (tertiary/aromatic N) is 1. The summed E-state index contributed by atoms with van der Waals surface area (Å²) in [5.41, 5.74) is 1.36. The quantitative estimate of drug-likeness (QED) is 0.869. The van der Waals surface area contributed by atoms with Crippen molar-refractivity contribution in [2.45, 2.75) is 39.7 Å². The summed E-state index contributed by atoms with van der Waals surface area (Å²) >= 11 is 0. The second kappa shape index (κ2) is 5.27. The molecule has 0 aliphatic carbocycles. The number of hydrogen-bond acceptors (Lipinski definition) is 2. The van der Waals surface area contributed by atoms with E-state index in [1.165, 1.54) is 31.4 Å². The molecule has 1 aromatic carbocycles. The lowest BCUT2D eigenvalue weighted by atomic mass is 9.85. The highest BCUT2D eigenvalue weighted by Gasteiger charge is 2.22. The van der Waals surface area contributed by atoms with Gasteiger partial charge in [-0.3, -0.25) is 4.90 Å². The van der Waals surface area contributed by atoms with Gasteiger partial charge in [0.05, 0.1) is 0 Å². The summed E-state index contributed by atoms with van der Waals surface area (Å²) in [4.78, 5) is 2.38. The first-order chi connectivity index (χ1) is 8.46. The van der Waals surface area contributed by atoms with Crippen LogP contribution >= 0.6 is 0 Å². The molecule has 18 heavy (non-hydrogen) atoms. The smallest absolute Gasteiger partial charge is 0.165 e. The summed E-state index contributed by atoms with van der Waals surface area (Å²) < 4.78 is 13.3. The average molecular weight is 251 g/mol. The summed E-state index contributed by atoms with van der Waals surface area (Å²) in [6, 6.07) is 4.67. The fraction of sp³-hybridized carbons (Fsp3) is 0.600. The van der Waals surface area contributed by atoms with Crippen LogP contribution in [-0.2, 0) is 6.54 Å². The molecule has 1 saturated heterocycles. The molecule has 0 amide bonds. The Bertz CT molecular complexity index is 417. The fourth-order valence-electron chi connectivity index (χ4n) is 2.54. The number of phenols is 1. The first kappa shape index (κ1) is 13.3. The van der Waals surface area contributed by atoms with Gasteiger partial charge in [0, 0.05) is 6.54 Å². The number of rotatable bonds is 2. The molecular weight excluding hydrogens is 229 g/mol. The van der Waals surface area contributed by atoms with E-state index in [0.29, 0.717) is 5.41 Å². The Balaban J connectivity index is 1.98. The molecule has 0 atom stereocenters. The summed E-state index contributed by atoms with van der Waals surface area (Å²) in [7, 11) is 0. The van der Waals surface area contributed by atoms with Gasteiger partial charge in [-0.2, -0.15) is 0 Å². The zero-order valence-electron chi connectivity index (χ0n) is 11.2. The highest BCUT2D eigenvalue weighted by molar-refractivity contribution is 5.27. The van der Waals surface area contributed by atoms with Gasteiger partial charge in [0.15, 0.2) is 11.6 Å². The molecule has 0 unspecified atom stereocenters.